The second-order valence-corrected chi connectivity index (χ2v) is 7.04. The summed E-state index contributed by atoms with van der Waals surface area (Å²) in [6.07, 6.45) is 0. The lowest BCUT2D eigenvalue weighted by Crippen LogP contribution is -2.49. The predicted molar refractivity (Wildman–Crippen MR) is 64.9 cm³/mol. The molecule has 2 rings (SSSR count). The minimum atomic E-state index is -0.170. The maximum absolute atomic E-state index is 12.1. The topological polar surface area (TPSA) is 63.4 Å². The van der Waals surface area contributed by atoms with Gasteiger partial charge in [0.1, 0.15) is 0 Å². The van der Waals surface area contributed by atoms with Crippen LogP contribution in [0, 0.1) is 22.7 Å². The molecule has 0 aromatic heterocycles. The first kappa shape index (κ1) is 12.6. The lowest BCUT2D eigenvalue weighted by molar-refractivity contribution is -0.143. The van der Waals surface area contributed by atoms with E-state index >= 15 is 0 Å². The van der Waals surface area contributed by atoms with Crippen LogP contribution in [0.1, 0.15) is 34.6 Å². The second-order valence-electron chi connectivity index (χ2n) is 7.04. The van der Waals surface area contributed by atoms with Crippen molar-refractivity contribution in [2.24, 2.45) is 28.4 Å². The molecule has 1 saturated carbocycles. The Labute approximate surface area is 103 Å². The third kappa shape index (κ3) is 1.69. The highest BCUT2D eigenvalue weighted by molar-refractivity contribution is 6.10. The van der Waals surface area contributed by atoms with Gasteiger partial charge in [0.15, 0.2) is 0 Å². The van der Waals surface area contributed by atoms with Gasteiger partial charge in [-0.1, -0.05) is 34.6 Å². The van der Waals surface area contributed by atoms with Gasteiger partial charge in [0.2, 0.25) is 11.8 Å². The van der Waals surface area contributed by atoms with Crippen LogP contribution in [-0.4, -0.2) is 29.3 Å². The zero-order chi connectivity index (χ0) is 13.2. The van der Waals surface area contributed by atoms with E-state index in [9.17, 15) is 9.59 Å². The number of hydrogen-bond acceptors (Lipinski definition) is 3. The fraction of sp³-hybridized carbons (Fsp3) is 0.846. The van der Waals surface area contributed by atoms with E-state index in [1.54, 1.807) is 0 Å². The number of fused-ring (bicyclic) bond motifs is 1. The van der Waals surface area contributed by atoms with Crippen LogP contribution in [0.2, 0.25) is 0 Å². The number of imide groups is 1. The number of carbonyl (C=O) groups is 2. The first-order valence-electron chi connectivity index (χ1n) is 6.19. The summed E-state index contributed by atoms with van der Waals surface area (Å²) < 4.78 is 0. The average Bonchev–Trinajstić information content (AvgIpc) is 2.63. The van der Waals surface area contributed by atoms with Gasteiger partial charge in [-0.3, -0.25) is 14.5 Å². The van der Waals surface area contributed by atoms with E-state index in [0.29, 0.717) is 6.54 Å². The van der Waals surface area contributed by atoms with Gasteiger partial charge in [-0.25, -0.2) is 0 Å². The summed E-state index contributed by atoms with van der Waals surface area (Å²) >= 11 is 0. The van der Waals surface area contributed by atoms with Crippen LogP contribution in [-0.2, 0) is 9.59 Å². The summed E-state index contributed by atoms with van der Waals surface area (Å²) in [5, 5.41) is 0. The van der Waals surface area contributed by atoms with Gasteiger partial charge in [-0.05, 0) is 10.8 Å². The molecule has 0 spiro atoms. The van der Waals surface area contributed by atoms with Crippen LogP contribution in [0.25, 0.3) is 0 Å². The van der Waals surface area contributed by atoms with Gasteiger partial charge in [0.05, 0.1) is 11.8 Å². The number of nitrogens with zero attached hydrogens (tertiary/aromatic N) is 1. The Hall–Kier alpha value is -0.900. The highest BCUT2D eigenvalue weighted by Crippen LogP contribution is 2.63. The molecular formula is C13H22N2O2. The molecule has 1 heterocycles. The quantitative estimate of drug-likeness (QED) is 0.730. The summed E-state index contributed by atoms with van der Waals surface area (Å²) in [6, 6.07) is -0.170. The molecule has 1 saturated heterocycles. The van der Waals surface area contributed by atoms with E-state index in [1.807, 2.05) is 34.6 Å². The van der Waals surface area contributed by atoms with Crippen molar-refractivity contribution in [2.75, 3.05) is 6.54 Å². The molecule has 1 aliphatic heterocycles. The van der Waals surface area contributed by atoms with Crippen molar-refractivity contribution in [3.63, 3.8) is 0 Å². The Kier molecular flexibility index (Phi) is 2.45. The Balaban J connectivity index is 2.07. The molecule has 3 atom stereocenters. The fourth-order valence-corrected chi connectivity index (χ4v) is 2.65. The zero-order valence-corrected chi connectivity index (χ0v) is 11.3. The number of carbonyl (C=O) groups excluding carboxylic acids is 2. The van der Waals surface area contributed by atoms with E-state index in [0.717, 1.165) is 0 Å². The van der Waals surface area contributed by atoms with Crippen molar-refractivity contribution in [1.82, 2.24) is 4.90 Å². The van der Waals surface area contributed by atoms with Crippen molar-refractivity contribution in [3.8, 4) is 0 Å². The van der Waals surface area contributed by atoms with Crippen LogP contribution < -0.4 is 5.73 Å². The fourth-order valence-electron chi connectivity index (χ4n) is 2.65. The Morgan fingerprint density at radius 2 is 1.65 bits per heavy atom. The monoisotopic (exact) mass is 238 g/mol. The molecule has 2 amide bonds. The molecular weight excluding hydrogens is 216 g/mol. The Morgan fingerprint density at radius 3 is 2.00 bits per heavy atom. The third-order valence-electron chi connectivity index (χ3n) is 4.38. The summed E-state index contributed by atoms with van der Waals surface area (Å²) in [7, 11) is 0. The van der Waals surface area contributed by atoms with Crippen molar-refractivity contribution in [3.05, 3.63) is 0 Å². The smallest absolute Gasteiger partial charge is 0.233 e. The van der Waals surface area contributed by atoms with Crippen LogP contribution in [0.4, 0.5) is 0 Å². The Bertz CT molecular complexity index is 357. The number of amides is 2. The lowest BCUT2D eigenvalue weighted by atomic mass is 9.87. The number of rotatable bonds is 2. The number of likely N-dealkylation sites (tertiary alicyclic amines) is 1. The number of piperidine rings is 1. The highest BCUT2D eigenvalue weighted by atomic mass is 16.2. The summed E-state index contributed by atoms with van der Waals surface area (Å²) in [4.78, 5) is 25.5. The lowest BCUT2D eigenvalue weighted by Gasteiger charge is -2.31. The van der Waals surface area contributed by atoms with Gasteiger partial charge in [-0.2, -0.15) is 0 Å². The van der Waals surface area contributed by atoms with Crippen molar-refractivity contribution in [1.29, 1.82) is 0 Å². The summed E-state index contributed by atoms with van der Waals surface area (Å²) in [5.41, 5.74) is 5.81. The zero-order valence-electron chi connectivity index (χ0n) is 11.3. The molecule has 17 heavy (non-hydrogen) atoms. The minimum Gasteiger partial charge on any atom is -0.326 e. The molecule has 0 bridgehead atoms. The first-order valence-corrected chi connectivity index (χ1v) is 6.19. The molecule has 2 N–H and O–H groups in total. The maximum atomic E-state index is 12.1. The minimum absolute atomic E-state index is 0.0234. The third-order valence-corrected chi connectivity index (χ3v) is 4.38. The van der Waals surface area contributed by atoms with Gasteiger partial charge in [0.25, 0.3) is 0 Å². The standard InChI is InChI=1S/C13H22N2O2/c1-12(2,3)7(14)6-15-10(16)8-9(11(15)17)13(8,4)5/h7-9H,6,14H2,1-5H3. The largest absolute Gasteiger partial charge is 0.326 e. The molecule has 4 heteroatoms. The van der Waals surface area contributed by atoms with Crippen LogP contribution in [0.5, 0.6) is 0 Å². The van der Waals surface area contributed by atoms with E-state index in [2.05, 4.69) is 0 Å². The van der Waals surface area contributed by atoms with Gasteiger partial charge >= 0.3 is 0 Å². The normalized spacial score (nSPS) is 32.7. The Morgan fingerprint density at radius 1 is 1.24 bits per heavy atom. The molecule has 0 aromatic carbocycles. The van der Waals surface area contributed by atoms with Crippen LogP contribution >= 0.6 is 0 Å². The molecule has 0 radical (unpaired) electrons. The molecule has 4 nitrogen and oxygen atoms in total. The number of nitrogens with two attached hydrogens (primary N) is 1. The molecule has 2 aliphatic rings. The van der Waals surface area contributed by atoms with E-state index in [4.69, 9.17) is 5.73 Å². The molecule has 2 fully saturated rings. The predicted octanol–water partition coefficient (Wildman–Crippen LogP) is 1.00. The summed E-state index contributed by atoms with van der Waals surface area (Å²) in [5.74, 6) is -0.237. The van der Waals surface area contributed by atoms with E-state index in [1.165, 1.54) is 4.90 Å². The van der Waals surface area contributed by atoms with Crippen molar-refractivity contribution >= 4 is 11.8 Å². The SMILES string of the molecule is CC(C)(C)C(N)CN1C(=O)C2C(C1=O)C2(C)C. The van der Waals surface area contributed by atoms with E-state index < -0.39 is 0 Å². The van der Waals surface area contributed by atoms with Crippen LogP contribution in [0.15, 0.2) is 0 Å². The van der Waals surface area contributed by atoms with Crippen molar-refractivity contribution < 1.29 is 9.59 Å². The maximum Gasteiger partial charge on any atom is 0.233 e. The highest BCUT2D eigenvalue weighted by Gasteiger charge is 2.72. The van der Waals surface area contributed by atoms with Gasteiger partial charge in [-0.15, -0.1) is 0 Å². The van der Waals surface area contributed by atoms with E-state index in [-0.39, 0.29) is 40.5 Å². The molecule has 1 aliphatic carbocycles. The first-order chi connectivity index (χ1) is 7.58. The van der Waals surface area contributed by atoms with Crippen LogP contribution in [0.3, 0.4) is 0 Å². The summed E-state index contributed by atoms with van der Waals surface area (Å²) in [6.45, 7) is 10.4. The molecule has 96 valence electrons. The molecule has 3 unspecified atom stereocenters. The second kappa shape index (κ2) is 3.31. The number of hydrogen-bond donors (Lipinski definition) is 1. The van der Waals surface area contributed by atoms with Gasteiger partial charge < -0.3 is 5.73 Å². The van der Waals surface area contributed by atoms with Gasteiger partial charge in [0, 0.05) is 12.6 Å². The average molecular weight is 238 g/mol. The molecule has 0 aromatic rings. The van der Waals surface area contributed by atoms with Crippen molar-refractivity contribution in [2.45, 2.75) is 40.7 Å².